The summed E-state index contributed by atoms with van der Waals surface area (Å²) in [6.45, 7) is -0.857. The summed E-state index contributed by atoms with van der Waals surface area (Å²) in [5.74, 6) is -1.98. The van der Waals surface area contributed by atoms with Gasteiger partial charge in [0.1, 0.15) is 5.69 Å². The van der Waals surface area contributed by atoms with Gasteiger partial charge in [-0.1, -0.05) is 6.07 Å². The van der Waals surface area contributed by atoms with Crippen molar-refractivity contribution in [3.8, 4) is 0 Å². The lowest BCUT2D eigenvalue weighted by molar-refractivity contribution is -0.385. The maximum absolute atomic E-state index is 13.0. The second kappa shape index (κ2) is 7.59. The number of rotatable bonds is 5. The number of nitrogens with zero attached hydrogens (tertiary/aromatic N) is 2. The van der Waals surface area contributed by atoms with Crippen LogP contribution < -0.4 is 5.32 Å². The molecule has 1 heterocycles. The first-order chi connectivity index (χ1) is 12.2. The number of carbonyl (C=O) groups is 2. The Morgan fingerprint density at radius 2 is 1.96 bits per heavy atom. The zero-order valence-corrected chi connectivity index (χ0v) is 12.8. The lowest BCUT2D eigenvalue weighted by Gasteiger charge is -2.13. The molecule has 1 aromatic heterocycles. The van der Waals surface area contributed by atoms with Crippen LogP contribution in [0.3, 0.4) is 0 Å². The summed E-state index contributed by atoms with van der Waals surface area (Å²) in [5, 5.41) is 12.5. The molecule has 11 heteroatoms. The molecule has 0 aliphatic heterocycles. The first-order valence-electron chi connectivity index (χ1n) is 6.92. The third kappa shape index (κ3) is 4.75. The predicted molar refractivity (Wildman–Crippen MR) is 81.2 cm³/mol. The Morgan fingerprint density at radius 3 is 2.54 bits per heavy atom. The molecule has 0 aliphatic carbocycles. The molecular formula is C15H10F3N3O5. The first-order valence-corrected chi connectivity index (χ1v) is 6.92. The van der Waals surface area contributed by atoms with Crippen molar-refractivity contribution < 1.29 is 32.4 Å². The van der Waals surface area contributed by atoms with Crippen LogP contribution in [0.25, 0.3) is 0 Å². The van der Waals surface area contributed by atoms with Gasteiger partial charge in [0.2, 0.25) is 0 Å². The number of ether oxygens (including phenoxy) is 1. The van der Waals surface area contributed by atoms with Gasteiger partial charge in [-0.25, -0.2) is 9.78 Å². The number of nitrogens with one attached hydrogen (secondary N) is 1. The molecule has 1 N–H and O–H groups in total. The molecule has 0 saturated carbocycles. The quantitative estimate of drug-likeness (QED) is 0.493. The van der Waals surface area contributed by atoms with Crippen LogP contribution in [-0.2, 0) is 15.7 Å². The number of hydrogen-bond donors (Lipinski definition) is 1. The Morgan fingerprint density at radius 1 is 1.23 bits per heavy atom. The number of aromatic nitrogens is 1. The fourth-order valence-electron chi connectivity index (χ4n) is 1.86. The minimum atomic E-state index is -4.93. The number of esters is 1. The maximum Gasteiger partial charge on any atom is 0.418 e. The van der Waals surface area contributed by atoms with Crippen LogP contribution >= 0.6 is 0 Å². The summed E-state index contributed by atoms with van der Waals surface area (Å²) in [4.78, 5) is 36.7. The number of non-ortho nitro benzene ring substituents is 1. The van der Waals surface area contributed by atoms with E-state index in [4.69, 9.17) is 0 Å². The zero-order valence-electron chi connectivity index (χ0n) is 12.8. The van der Waals surface area contributed by atoms with Gasteiger partial charge in [-0.05, 0) is 18.2 Å². The van der Waals surface area contributed by atoms with E-state index >= 15 is 0 Å². The number of carbonyl (C=O) groups excluding carboxylic acids is 2. The molecule has 0 radical (unpaired) electrons. The summed E-state index contributed by atoms with van der Waals surface area (Å²) < 4.78 is 43.7. The largest absolute Gasteiger partial charge is 0.451 e. The van der Waals surface area contributed by atoms with Crippen molar-refractivity contribution in [1.29, 1.82) is 0 Å². The molecule has 0 spiro atoms. The van der Waals surface area contributed by atoms with Crippen molar-refractivity contribution in [2.45, 2.75) is 6.18 Å². The molecule has 0 unspecified atom stereocenters. The number of pyridine rings is 1. The normalized spacial score (nSPS) is 10.9. The third-order valence-electron chi connectivity index (χ3n) is 3.00. The molecule has 0 fully saturated rings. The van der Waals surface area contributed by atoms with Crippen molar-refractivity contribution in [3.05, 3.63) is 64.0 Å². The molecule has 8 nitrogen and oxygen atoms in total. The van der Waals surface area contributed by atoms with E-state index < -0.39 is 46.5 Å². The minimum absolute atomic E-state index is 0.0772. The molecule has 2 rings (SSSR count). The average molecular weight is 369 g/mol. The van der Waals surface area contributed by atoms with Gasteiger partial charge in [0.05, 0.1) is 16.2 Å². The molecule has 0 atom stereocenters. The highest BCUT2D eigenvalue weighted by atomic mass is 19.4. The van der Waals surface area contributed by atoms with Crippen LogP contribution in [0.1, 0.15) is 16.1 Å². The van der Waals surface area contributed by atoms with Gasteiger partial charge < -0.3 is 10.1 Å². The first kappa shape index (κ1) is 18.8. The monoisotopic (exact) mass is 369 g/mol. The summed E-state index contributed by atoms with van der Waals surface area (Å²) in [6, 6.07) is 6.25. The molecule has 0 bridgehead atoms. The Hall–Kier alpha value is -3.50. The number of nitro groups is 1. The number of benzene rings is 1. The average Bonchev–Trinajstić information content (AvgIpc) is 2.59. The summed E-state index contributed by atoms with van der Waals surface area (Å²) in [5.41, 5.74) is -2.94. The van der Waals surface area contributed by atoms with Crippen LogP contribution in [0.4, 0.5) is 24.5 Å². The number of nitro benzene ring substituents is 1. The van der Waals surface area contributed by atoms with Gasteiger partial charge in [-0.15, -0.1) is 0 Å². The van der Waals surface area contributed by atoms with Gasteiger partial charge in [-0.2, -0.15) is 13.2 Å². The van der Waals surface area contributed by atoms with Crippen molar-refractivity contribution in [2.24, 2.45) is 0 Å². The fraction of sp³-hybridized carbons (Fsp3) is 0.133. The summed E-state index contributed by atoms with van der Waals surface area (Å²) in [6.07, 6.45) is -3.61. The molecule has 0 aliphatic rings. The topological polar surface area (TPSA) is 111 Å². The van der Waals surface area contributed by atoms with E-state index in [1.165, 1.54) is 18.3 Å². The molecule has 1 amide bonds. The maximum atomic E-state index is 13.0. The second-order valence-corrected chi connectivity index (χ2v) is 4.82. The molecule has 1 aromatic carbocycles. The van der Waals surface area contributed by atoms with Crippen LogP contribution in [0, 0.1) is 10.1 Å². The standard InChI is InChI=1S/C15H10F3N3O5/c16-15(17,18)10-7-9(21(24)25)4-5-11(10)20-13(22)8-26-14(23)12-3-1-2-6-19-12/h1-7H,8H2,(H,20,22). The molecule has 26 heavy (non-hydrogen) atoms. The summed E-state index contributed by atoms with van der Waals surface area (Å²) >= 11 is 0. The summed E-state index contributed by atoms with van der Waals surface area (Å²) in [7, 11) is 0. The van der Waals surface area contributed by atoms with Crippen LogP contribution in [0.15, 0.2) is 42.6 Å². The van der Waals surface area contributed by atoms with E-state index in [0.717, 1.165) is 12.1 Å². The van der Waals surface area contributed by atoms with Crippen LogP contribution in [-0.4, -0.2) is 28.4 Å². The van der Waals surface area contributed by atoms with E-state index in [-0.39, 0.29) is 5.69 Å². The van der Waals surface area contributed by atoms with E-state index in [2.05, 4.69) is 9.72 Å². The van der Waals surface area contributed by atoms with Crippen molar-refractivity contribution >= 4 is 23.3 Å². The smallest absolute Gasteiger partial charge is 0.418 e. The Kier molecular flexibility index (Phi) is 5.50. The van der Waals surface area contributed by atoms with E-state index in [1.807, 2.05) is 5.32 Å². The van der Waals surface area contributed by atoms with Crippen molar-refractivity contribution in [3.63, 3.8) is 0 Å². The van der Waals surface area contributed by atoms with Gasteiger partial charge in [0.15, 0.2) is 6.61 Å². The third-order valence-corrected chi connectivity index (χ3v) is 3.00. The highest BCUT2D eigenvalue weighted by molar-refractivity contribution is 5.95. The number of anilines is 1. The Labute approximate surface area is 143 Å². The molecule has 0 saturated heterocycles. The van der Waals surface area contributed by atoms with Crippen molar-refractivity contribution in [2.75, 3.05) is 11.9 Å². The number of halogens is 3. The van der Waals surface area contributed by atoms with Gasteiger partial charge in [-0.3, -0.25) is 14.9 Å². The van der Waals surface area contributed by atoms with Crippen molar-refractivity contribution in [1.82, 2.24) is 4.98 Å². The number of alkyl halides is 3. The van der Waals surface area contributed by atoms with Crippen LogP contribution in [0.2, 0.25) is 0 Å². The minimum Gasteiger partial charge on any atom is -0.451 e. The SMILES string of the molecule is O=C(COC(=O)c1ccccn1)Nc1ccc([N+](=O)[O-])cc1C(F)(F)F. The van der Waals surface area contributed by atoms with Gasteiger partial charge >= 0.3 is 12.1 Å². The van der Waals surface area contributed by atoms with Gasteiger partial charge in [0, 0.05) is 18.3 Å². The highest BCUT2D eigenvalue weighted by Crippen LogP contribution is 2.37. The lowest BCUT2D eigenvalue weighted by atomic mass is 10.1. The molecule has 136 valence electrons. The Balaban J connectivity index is 2.09. The van der Waals surface area contributed by atoms with Gasteiger partial charge in [0.25, 0.3) is 11.6 Å². The molecule has 2 aromatic rings. The predicted octanol–water partition coefficient (Wildman–Crippen LogP) is 2.80. The number of amides is 1. The lowest BCUT2D eigenvalue weighted by Crippen LogP contribution is -2.23. The van der Waals surface area contributed by atoms with E-state index in [0.29, 0.717) is 6.07 Å². The number of hydrogen-bond acceptors (Lipinski definition) is 6. The fourth-order valence-corrected chi connectivity index (χ4v) is 1.86. The van der Waals surface area contributed by atoms with Crippen LogP contribution in [0.5, 0.6) is 0 Å². The highest BCUT2D eigenvalue weighted by Gasteiger charge is 2.35. The Bertz CT molecular complexity index is 840. The van der Waals surface area contributed by atoms with E-state index in [9.17, 15) is 32.9 Å². The second-order valence-electron chi connectivity index (χ2n) is 4.82. The zero-order chi connectivity index (χ0) is 19.3. The van der Waals surface area contributed by atoms with E-state index in [1.54, 1.807) is 6.07 Å². The molecular weight excluding hydrogens is 359 g/mol.